The first-order valence-electron chi connectivity index (χ1n) is 5.37. The summed E-state index contributed by atoms with van der Waals surface area (Å²) in [6.07, 6.45) is 1.38. The topological polar surface area (TPSA) is 66.9 Å². The molecule has 3 aromatic rings. The van der Waals surface area contributed by atoms with E-state index in [9.17, 15) is 5.21 Å². The number of benzene rings is 1. The van der Waals surface area contributed by atoms with Crippen LogP contribution in [-0.2, 0) is 0 Å². The van der Waals surface area contributed by atoms with Crippen molar-refractivity contribution in [2.75, 3.05) is 7.11 Å². The molecule has 0 saturated carbocycles. The monoisotopic (exact) mass is 242 g/mol. The van der Waals surface area contributed by atoms with E-state index >= 15 is 0 Å². The van der Waals surface area contributed by atoms with Crippen LogP contribution in [0.4, 0.5) is 0 Å². The molecule has 0 aliphatic carbocycles. The van der Waals surface area contributed by atoms with Gasteiger partial charge in [0, 0.05) is 11.3 Å². The summed E-state index contributed by atoms with van der Waals surface area (Å²) in [7, 11) is 1.55. The Hall–Kier alpha value is -2.63. The predicted octanol–water partition coefficient (Wildman–Crippen LogP) is 1.06. The zero-order valence-electron chi connectivity index (χ0n) is 9.65. The van der Waals surface area contributed by atoms with E-state index in [0.717, 1.165) is 15.8 Å². The summed E-state index contributed by atoms with van der Waals surface area (Å²) >= 11 is 0. The van der Waals surface area contributed by atoms with Gasteiger partial charge in [-0.3, -0.25) is 0 Å². The first-order chi connectivity index (χ1) is 8.79. The Kier molecular flexibility index (Phi) is 2.33. The van der Waals surface area contributed by atoms with Crippen molar-refractivity contribution in [2.24, 2.45) is 0 Å². The Labute approximate surface area is 103 Å². The van der Waals surface area contributed by atoms with Crippen molar-refractivity contribution in [3.8, 4) is 11.6 Å². The van der Waals surface area contributed by atoms with Crippen molar-refractivity contribution in [3.63, 3.8) is 0 Å². The van der Waals surface area contributed by atoms with Gasteiger partial charge in [0.25, 0.3) is 0 Å². The van der Waals surface area contributed by atoms with E-state index in [0.29, 0.717) is 11.6 Å². The predicted molar refractivity (Wildman–Crippen MR) is 64.4 cm³/mol. The van der Waals surface area contributed by atoms with Crippen molar-refractivity contribution in [2.45, 2.75) is 0 Å². The first-order valence-corrected chi connectivity index (χ1v) is 5.37. The van der Waals surface area contributed by atoms with Crippen LogP contribution in [0, 0.1) is 5.21 Å². The highest BCUT2D eigenvalue weighted by atomic mass is 16.5. The Balaban J connectivity index is 2.25. The van der Waals surface area contributed by atoms with Crippen molar-refractivity contribution in [1.82, 2.24) is 15.0 Å². The van der Waals surface area contributed by atoms with Crippen LogP contribution in [0.15, 0.2) is 42.6 Å². The molecule has 2 heterocycles. The van der Waals surface area contributed by atoms with E-state index < -0.39 is 0 Å². The summed E-state index contributed by atoms with van der Waals surface area (Å²) in [5, 5.41) is 19.8. The smallest absolute Gasteiger partial charge is 0.315 e. The van der Waals surface area contributed by atoms with Crippen molar-refractivity contribution in [1.29, 1.82) is 0 Å². The normalized spacial score (nSPS) is 10.7. The number of methoxy groups -OCH3 is 1. The highest BCUT2D eigenvalue weighted by Gasteiger charge is 2.16. The maximum atomic E-state index is 11.8. The number of nitrogens with zero attached hydrogens (tertiary/aromatic N) is 4. The molecule has 0 radical (unpaired) electrons. The molecule has 0 N–H and O–H groups in total. The molecule has 6 heteroatoms. The second-order valence-corrected chi connectivity index (χ2v) is 3.74. The zero-order chi connectivity index (χ0) is 12.5. The fourth-order valence-corrected chi connectivity index (χ4v) is 1.78. The summed E-state index contributed by atoms with van der Waals surface area (Å²) < 4.78 is 7.32. The average Bonchev–Trinajstić information content (AvgIpc) is 2.83. The molecule has 0 fully saturated rings. The van der Waals surface area contributed by atoms with E-state index in [4.69, 9.17) is 4.74 Å². The number of rotatable bonds is 2. The lowest BCUT2D eigenvalue weighted by Crippen LogP contribution is -2.32. The van der Waals surface area contributed by atoms with E-state index in [1.54, 1.807) is 19.2 Å². The van der Waals surface area contributed by atoms with Gasteiger partial charge in [0.1, 0.15) is 11.3 Å². The van der Waals surface area contributed by atoms with Gasteiger partial charge in [-0.15, -0.1) is 5.10 Å². The highest BCUT2D eigenvalue weighted by Crippen LogP contribution is 2.16. The standard InChI is InChI=1S/C12H10N4O2/c1-18-9-6-7-15(17)12(8-9)16-11-5-3-2-4-10(11)13-14-16/h2-8H,1H3. The molecule has 0 bridgehead atoms. The number of aromatic nitrogens is 4. The summed E-state index contributed by atoms with van der Waals surface area (Å²) in [5.41, 5.74) is 1.51. The van der Waals surface area contributed by atoms with Crippen LogP contribution in [0.3, 0.4) is 0 Å². The van der Waals surface area contributed by atoms with Crippen LogP contribution in [0.5, 0.6) is 5.75 Å². The largest absolute Gasteiger partial charge is 0.711 e. The van der Waals surface area contributed by atoms with E-state index in [2.05, 4.69) is 10.3 Å². The average molecular weight is 242 g/mol. The number of fused-ring (bicyclic) bond motifs is 1. The Morgan fingerprint density at radius 2 is 2.11 bits per heavy atom. The highest BCUT2D eigenvalue weighted by molar-refractivity contribution is 5.75. The molecular weight excluding hydrogens is 232 g/mol. The maximum absolute atomic E-state index is 11.8. The fourth-order valence-electron chi connectivity index (χ4n) is 1.78. The number of para-hydroxylation sites is 1. The Morgan fingerprint density at radius 1 is 1.28 bits per heavy atom. The van der Waals surface area contributed by atoms with Crippen molar-refractivity contribution < 1.29 is 9.47 Å². The third-order valence-corrected chi connectivity index (χ3v) is 2.68. The third kappa shape index (κ3) is 1.55. The molecular formula is C12H10N4O2. The van der Waals surface area contributed by atoms with Gasteiger partial charge in [0.2, 0.25) is 0 Å². The molecule has 0 amide bonds. The Bertz CT molecular complexity index is 708. The molecule has 0 saturated heterocycles. The third-order valence-electron chi connectivity index (χ3n) is 2.68. The lowest BCUT2D eigenvalue weighted by Gasteiger charge is -2.07. The number of pyridine rings is 1. The van der Waals surface area contributed by atoms with Gasteiger partial charge in [0.15, 0.2) is 5.52 Å². The van der Waals surface area contributed by atoms with E-state index in [1.807, 2.05) is 24.3 Å². The number of hydrogen-bond acceptors (Lipinski definition) is 4. The summed E-state index contributed by atoms with van der Waals surface area (Å²) in [4.78, 5) is 0. The first kappa shape index (κ1) is 10.5. The molecule has 0 atom stereocenters. The van der Waals surface area contributed by atoms with E-state index in [1.165, 1.54) is 10.9 Å². The second-order valence-electron chi connectivity index (χ2n) is 3.74. The fraction of sp³-hybridized carbons (Fsp3) is 0.0833. The molecule has 18 heavy (non-hydrogen) atoms. The van der Waals surface area contributed by atoms with Gasteiger partial charge in [0.05, 0.1) is 19.4 Å². The minimum absolute atomic E-state index is 0.350. The zero-order valence-corrected chi connectivity index (χ0v) is 9.65. The Morgan fingerprint density at radius 3 is 2.94 bits per heavy atom. The van der Waals surface area contributed by atoms with Gasteiger partial charge in [-0.05, 0) is 12.1 Å². The second kappa shape index (κ2) is 3.99. The molecule has 0 spiro atoms. The number of ether oxygens (including phenoxy) is 1. The SMILES string of the molecule is COc1cc[n+]([O-])c(-n2nnc3ccccc32)c1. The lowest BCUT2D eigenvalue weighted by atomic mass is 10.3. The molecule has 1 aromatic carbocycles. The maximum Gasteiger partial charge on any atom is 0.315 e. The molecule has 0 unspecified atom stereocenters. The lowest BCUT2D eigenvalue weighted by molar-refractivity contribution is -0.600. The van der Waals surface area contributed by atoms with Gasteiger partial charge in [-0.25, -0.2) is 4.73 Å². The quantitative estimate of drug-likeness (QED) is 0.498. The molecule has 6 nitrogen and oxygen atoms in total. The minimum atomic E-state index is 0.350. The summed E-state index contributed by atoms with van der Waals surface area (Å²) in [5.74, 6) is 0.944. The number of hydrogen-bond donors (Lipinski definition) is 0. The molecule has 90 valence electrons. The van der Waals surface area contributed by atoms with Crippen LogP contribution in [0.2, 0.25) is 0 Å². The van der Waals surface area contributed by atoms with Gasteiger partial charge in [-0.1, -0.05) is 16.8 Å². The van der Waals surface area contributed by atoms with Crippen LogP contribution < -0.4 is 9.47 Å². The summed E-state index contributed by atoms with van der Waals surface area (Å²) in [6.45, 7) is 0. The van der Waals surface area contributed by atoms with Gasteiger partial charge in [-0.2, -0.15) is 0 Å². The van der Waals surface area contributed by atoms with Crippen LogP contribution in [0.25, 0.3) is 16.9 Å². The molecule has 0 aliphatic rings. The van der Waals surface area contributed by atoms with E-state index in [-0.39, 0.29) is 0 Å². The molecule has 3 rings (SSSR count). The van der Waals surface area contributed by atoms with Crippen molar-refractivity contribution in [3.05, 3.63) is 47.8 Å². The molecule has 0 aliphatic heterocycles. The van der Waals surface area contributed by atoms with Gasteiger partial charge >= 0.3 is 5.82 Å². The van der Waals surface area contributed by atoms with Gasteiger partial charge < -0.3 is 9.94 Å². The van der Waals surface area contributed by atoms with Crippen molar-refractivity contribution >= 4 is 11.0 Å². The molecule has 2 aromatic heterocycles. The van der Waals surface area contributed by atoms with Crippen LogP contribution in [-0.4, -0.2) is 22.1 Å². The van der Waals surface area contributed by atoms with Crippen LogP contribution in [0.1, 0.15) is 0 Å². The minimum Gasteiger partial charge on any atom is -0.711 e. The van der Waals surface area contributed by atoms with Crippen LogP contribution >= 0.6 is 0 Å². The summed E-state index contributed by atoms with van der Waals surface area (Å²) in [6, 6.07) is 10.7.